The van der Waals surface area contributed by atoms with Gasteiger partial charge in [0, 0.05) is 6.04 Å². The van der Waals surface area contributed by atoms with Crippen molar-refractivity contribution in [2.75, 3.05) is 5.32 Å². The van der Waals surface area contributed by atoms with E-state index in [1.165, 1.54) is 19.3 Å². The van der Waals surface area contributed by atoms with Crippen molar-refractivity contribution in [3.63, 3.8) is 0 Å². The van der Waals surface area contributed by atoms with E-state index in [1.807, 2.05) is 31.2 Å². The van der Waals surface area contributed by atoms with Gasteiger partial charge in [0.25, 0.3) is 0 Å². The van der Waals surface area contributed by atoms with Crippen LogP contribution >= 0.6 is 0 Å². The minimum Gasteiger partial charge on any atom is -0.366 e. The van der Waals surface area contributed by atoms with Crippen molar-refractivity contribution in [2.45, 2.75) is 46.1 Å². The van der Waals surface area contributed by atoms with Crippen LogP contribution in [0.15, 0.2) is 24.3 Å². The van der Waals surface area contributed by atoms with Crippen LogP contribution in [-0.2, 0) is 0 Å². The Morgan fingerprint density at radius 1 is 1.00 bits per heavy atom. The van der Waals surface area contributed by atoms with Gasteiger partial charge in [-0.05, 0) is 50.2 Å². The summed E-state index contributed by atoms with van der Waals surface area (Å²) in [6, 6.07) is 8.60. The average molecular weight is 269 g/mol. The SMILES string of the molecule is Cc1nc2ccccc2nc1NC1CCC(C)C(C)C1. The van der Waals surface area contributed by atoms with Gasteiger partial charge in [-0.3, -0.25) is 0 Å². The maximum absolute atomic E-state index is 4.74. The third kappa shape index (κ3) is 2.62. The van der Waals surface area contributed by atoms with E-state index >= 15 is 0 Å². The van der Waals surface area contributed by atoms with Gasteiger partial charge in [0.2, 0.25) is 0 Å². The molecule has 3 unspecified atom stereocenters. The van der Waals surface area contributed by atoms with Gasteiger partial charge in [0.1, 0.15) is 5.82 Å². The average Bonchev–Trinajstić information content (AvgIpc) is 2.44. The van der Waals surface area contributed by atoms with Crippen LogP contribution in [0.4, 0.5) is 5.82 Å². The number of rotatable bonds is 2. The number of nitrogens with zero attached hydrogens (tertiary/aromatic N) is 2. The third-order valence-corrected chi connectivity index (χ3v) is 4.68. The molecule has 1 aromatic carbocycles. The molecule has 106 valence electrons. The second-order valence-corrected chi connectivity index (χ2v) is 6.26. The largest absolute Gasteiger partial charge is 0.366 e. The van der Waals surface area contributed by atoms with Crippen LogP contribution in [0, 0.1) is 18.8 Å². The number of para-hydroxylation sites is 2. The lowest BCUT2D eigenvalue weighted by molar-refractivity contribution is 0.260. The van der Waals surface area contributed by atoms with Crippen LogP contribution in [0.3, 0.4) is 0 Å². The molecule has 3 heteroatoms. The highest BCUT2D eigenvalue weighted by Gasteiger charge is 2.25. The number of benzene rings is 1. The minimum atomic E-state index is 0.537. The molecule has 1 aliphatic rings. The molecule has 0 radical (unpaired) electrons. The lowest BCUT2D eigenvalue weighted by atomic mass is 9.79. The van der Waals surface area contributed by atoms with Crippen molar-refractivity contribution >= 4 is 16.9 Å². The lowest BCUT2D eigenvalue weighted by Gasteiger charge is -2.33. The highest BCUT2D eigenvalue weighted by atomic mass is 15.0. The molecule has 1 N–H and O–H groups in total. The van der Waals surface area contributed by atoms with Gasteiger partial charge in [-0.1, -0.05) is 26.0 Å². The first kappa shape index (κ1) is 13.3. The summed E-state index contributed by atoms with van der Waals surface area (Å²) < 4.78 is 0. The molecule has 3 rings (SSSR count). The van der Waals surface area contributed by atoms with E-state index in [1.54, 1.807) is 0 Å². The first-order valence-corrected chi connectivity index (χ1v) is 7.63. The van der Waals surface area contributed by atoms with Crippen molar-refractivity contribution in [3.8, 4) is 0 Å². The summed E-state index contributed by atoms with van der Waals surface area (Å²) in [4.78, 5) is 9.39. The zero-order valence-corrected chi connectivity index (χ0v) is 12.6. The first-order chi connectivity index (χ1) is 9.63. The summed E-state index contributed by atoms with van der Waals surface area (Å²) in [5, 5.41) is 3.62. The van der Waals surface area contributed by atoms with E-state index in [0.29, 0.717) is 6.04 Å². The summed E-state index contributed by atoms with van der Waals surface area (Å²) in [7, 11) is 0. The van der Waals surface area contributed by atoms with E-state index in [2.05, 4.69) is 24.1 Å². The van der Waals surface area contributed by atoms with E-state index in [-0.39, 0.29) is 0 Å². The smallest absolute Gasteiger partial charge is 0.148 e. The molecule has 1 fully saturated rings. The van der Waals surface area contributed by atoms with Gasteiger partial charge in [0.15, 0.2) is 0 Å². The van der Waals surface area contributed by atoms with Crippen LogP contribution in [0.2, 0.25) is 0 Å². The molecule has 0 aliphatic heterocycles. The molecule has 0 saturated heterocycles. The normalized spacial score (nSPS) is 26.6. The summed E-state index contributed by atoms with van der Waals surface area (Å²) in [6.45, 7) is 6.76. The molecule has 0 amide bonds. The Bertz CT molecular complexity index is 608. The zero-order chi connectivity index (χ0) is 14.1. The number of aryl methyl sites for hydroxylation is 1. The predicted molar refractivity (Wildman–Crippen MR) is 83.9 cm³/mol. The highest BCUT2D eigenvalue weighted by molar-refractivity contribution is 5.76. The van der Waals surface area contributed by atoms with E-state index in [0.717, 1.165) is 34.4 Å². The van der Waals surface area contributed by atoms with Gasteiger partial charge in [-0.15, -0.1) is 0 Å². The van der Waals surface area contributed by atoms with Gasteiger partial charge in [-0.25, -0.2) is 9.97 Å². The fourth-order valence-electron chi connectivity index (χ4n) is 3.10. The summed E-state index contributed by atoms with van der Waals surface area (Å²) >= 11 is 0. The fourth-order valence-corrected chi connectivity index (χ4v) is 3.10. The van der Waals surface area contributed by atoms with Crippen molar-refractivity contribution in [2.24, 2.45) is 11.8 Å². The van der Waals surface area contributed by atoms with Crippen molar-refractivity contribution < 1.29 is 0 Å². The number of fused-ring (bicyclic) bond motifs is 1. The molecule has 1 aromatic heterocycles. The quantitative estimate of drug-likeness (QED) is 0.889. The Balaban J connectivity index is 1.82. The maximum atomic E-state index is 4.74. The lowest BCUT2D eigenvalue weighted by Crippen LogP contribution is -2.31. The van der Waals surface area contributed by atoms with Gasteiger partial charge in [-0.2, -0.15) is 0 Å². The summed E-state index contributed by atoms with van der Waals surface area (Å²) in [6.07, 6.45) is 3.77. The highest BCUT2D eigenvalue weighted by Crippen LogP contribution is 2.31. The zero-order valence-electron chi connectivity index (χ0n) is 12.6. The van der Waals surface area contributed by atoms with Crippen LogP contribution in [0.25, 0.3) is 11.0 Å². The Morgan fingerprint density at radius 2 is 1.70 bits per heavy atom. The Kier molecular flexibility index (Phi) is 3.60. The van der Waals surface area contributed by atoms with E-state index < -0.39 is 0 Å². The molecule has 3 atom stereocenters. The van der Waals surface area contributed by atoms with Gasteiger partial charge < -0.3 is 5.32 Å². The number of aromatic nitrogens is 2. The first-order valence-electron chi connectivity index (χ1n) is 7.63. The van der Waals surface area contributed by atoms with Crippen LogP contribution in [0.5, 0.6) is 0 Å². The minimum absolute atomic E-state index is 0.537. The Labute approximate surface area is 120 Å². The second-order valence-electron chi connectivity index (χ2n) is 6.26. The van der Waals surface area contributed by atoms with Crippen LogP contribution in [0.1, 0.15) is 38.8 Å². The van der Waals surface area contributed by atoms with Crippen molar-refractivity contribution in [1.29, 1.82) is 0 Å². The molecular formula is C17H23N3. The number of nitrogens with one attached hydrogen (secondary N) is 1. The third-order valence-electron chi connectivity index (χ3n) is 4.68. The second kappa shape index (κ2) is 5.39. The molecular weight excluding hydrogens is 246 g/mol. The topological polar surface area (TPSA) is 37.8 Å². The van der Waals surface area contributed by atoms with Crippen molar-refractivity contribution in [3.05, 3.63) is 30.0 Å². The van der Waals surface area contributed by atoms with Gasteiger partial charge in [0.05, 0.1) is 16.7 Å². The van der Waals surface area contributed by atoms with Gasteiger partial charge >= 0.3 is 0 Å². The Hall–Kier alpha value is -1.64. The van der Waals surface area contributed by atoms with Crippen molar-refractivity contribution in [1.82, 2.24) is 9.97 Å². The standard InChI is InChI=1S/C17H23N3/c1-11-8-9-14(10-12(11)2)19-17-13(3)18-15-6-4-5-7-16(15)20-17/h4-7,11-12,14H,8-10H2,1-3H3,(H,19,20). The van der Waals surface area contributed by atoms with E-state index in [9.17, 15) is 0 Å². The molecule has 0 spiro atoms. The fraction of sp³-hybridized carbons (Fsp3) is 0.529. The molecule has 1 heterocycles. The molecule has 2 aromatic rings. The number of anilines is 1. The monoisotopic (exact) mass is 269 g/mol. The molecule has 0 bridgehead atoms. The predicted octanol–water partition coefficient (Wildman–Crippen LogP) is 4.17. The maximum Gasteiger partial charge on any atom is 0.148 e. The molecule has 1 aliphatic carbocycles. The van der Waals surface area contributed by atoms with Crippen LogP contribution < -0.4 is 5.32 Å². The summed E-state index contributed by atoms with van der Waals surface area (Å²) in [5.74, 6) is 2.59. The molecule has 1 saturated carbocycles. The number of hydrogen-bond donors (Lipinski definition) is 1. The molecule has 3 nitrogen and oxygen atoms in total. The van der Waals surface area contributed by atoms with E-state index in [4.69, 9.17) is 4.98 Å². The number of hydrogen-bond acceptors (Lipinski definition) is 3. The molecule has 20 heavy (non-hydrogen) atoms. The van der Waals surface area contributed by atoms with Crippen LogP contribution in [-0.4, -0.2) is 16.0 Å². The Morgan fingerprint density at radius 3 is 2.40 bits per heavy atom. The summed E-state index contributed by atoms with van der Waals surface area (Å²) in [5.41, 5.74) is 2.94.